The summed E-state index contributed by atoms with van der Waals surface area (Å²) >= 11 is 0. The van der Waals surface area contributed by atoms with Gasteiger partial charge in [0.25, 0.3) is 5.82 Å². The number of piperidine rings is 1. The molecule has 2 N–H and O–H groups in total. The van der Waals surface area contributed by atoms with Crippen LogP contribution in [-0.2, 0) is 4.79 Å². The van der Waals surface area contributed by atoms with Gasteiger partial charge in [0.15, 0.2) is 0 Å². The zero-order valence-electron chi connectivity index (χ0n) is 18.5. The first-order chi connectivity index (χ1) is 16.5. The highest BCUT2D eigenvalue weighted by Crippen LogP contribution is 2.40. The number of para-hydroxylation sites is 1. The highest BCUT2D eigenvalue weighted by atomic mass is 16.6. The molecule has 0 aliphatic carbocycles. The summed E-state index contributed by atoms with van der Waals surface area (Å²) < 4.78 is 4.84. The number of rotatable bonds is 5. The predicted octanol–water partition coefficient (Wildman–Crippen LogP) is 3.60. The van der Waals surface area contributed by atoms with Gasteiger partial charge < -0.3 is 20.6 Å². The molecule has 1 aromatic heterocycles. The molecule has 0 unspecified atom stereocenters. The molecule has 0 bridgehead atoms. The van der Waals surface area contributed by atoms with E-state index in [4.69, 9.17) is 10.5 Å². The Labute approximate surface area is 197 Å². The fourth-order valence-corrected chi connectivity index (χ4v) is 4.44. The van der Waals surface area contributed by atoms with Crippen LogP contribution in [0.2, 0.25) is 0 Å². The van der Waals surface area contributed by atoms with Crippen molar-refractivity contribution < 1.29 is 9.53 Å². The van der Waals surface area contributed by atoms with Crippen LogP contribution >= 0.6 is 0 Å². The van der Waals surface area contributed by atoms with Gasteiger partial charge in [0.2, 0.25) is 5.91 Å². The molecule has 0 spiro atoms. The summed E-state index contributed by atoms with van der Waals surface area (Å²) in [6.45, 7) is 4.40. The molecule has 2 atom stereocenters. The molecular weight excluding hydrogens is 432 g/mol. The second-order valence-corrected chi connectivity index (χ2v) is 8.25. The molecule has 1 amide bonds. The van der Waals surface area contributed by atoms with E-state index in [1.165, 1.54) is 12.4 Å². The fourth-order valence-electron chi connectivity index (χ4n) is 4.44. The minimum Gasteiger partial charge on any atom is -0.598 e. The second-order valence-electron chi connectivity index (χ2n) is 8.25. The van der Waals surface area contributed by atoms with Crippen LogP contribution < -0.4 is 15.2 Å². The van der Waals surface area contributed by atoms with E-state index in [1.807, 2.05) is 54.6 Å². The van der Waals surface area contributed by atoms with Crippen LogP contribution in [0.4, 0.5) is 11.6 Å². The summed E-state index contributed by atoms with van der Waals surface area (Å²) in [5, 5.41) is 18.8. The molecule has 1 saturated heterocycles. The Kier molecular flexibility index (Phi) is 5.56. The van der Waals surface area contributed by atoms with Gasteiger partial charge in [0.1, 0.15) is 41.0 Å². The number of carbonyl (C=O) groups excluding carboxylic acids is 1. The number of carbonyl (C=O) groups is 1. The van der Waals surface area contributed by atoms with Gasteiger partial charge in [-0.2, -0.15) is 9.74 Å². The highest BCUT2D eigenvalue weighted by molar-refractivity contribution is 6.20. The maximum Gasteiger partial charge on any atom is 0.269 e. The van der Waals surface area contributed by atoms with Gasteiger partial charge in [-0.25, -0.2) is 4.98 Å². The van der Waals surface area contributed by atoms with Crippen molar-refractivity contribution in [1.82, 2.24) is 19.6 Å². The lowest BCUT2D eigenvalue weighted by molar-refractivity contribution is -0.127. The first kappa shape index (κ1) is 21.7. The number of nitrogen functional groups attached to an aromatic ring is 1. The maximum atomic E-state index is 14.2. The molecule has 0 radical (unpaired) electrons. The van der Waals surface area contributed by atoms with Gasteiger partial charge in [-0.3, -0.25) is 4.79 Å². The van der Waals surface area contributed by atoms with Gasteiger partial charge >= 0.3 is 0 Å². The van der Waals surface area contributed by atoms with Gasteiger partial charge in [0, 0.05) is 18.5 Å². The zero-order valence-corrected chi connectivity index (χ0v) is 18.5. The average Bonchev–Trinajstić information content (AvgIpc) is 3.20. The molecule has 3 heterocycles. The topological polar surface area (TPSA) is 117 Å². The van der Waals surface area contributed by atoms with Crippen LogP contribution in [0.5, 0.6) is 11.5 Å². The van der Waals surface area contributed by atoms with Crippen molar-refractivity contribution in [2.24, 2.45) is 5.10 Å². The Morgan fingerprint density at radius 1 is 1.15 bits per heavy atom. The Hall–Kier alpha value is -4.08. The number of nitrogens with zero attached hydrogens (tertiary/aromatic N) is 5. The van der Waals surface area contributed by atoms with Gasteiger partial charge in [-0.05, 0) is 48.9 Å². The zero-order chi connectivity index (χ0) is 23.7. The van der Waals surface area contributed by atoms with Crippen molar-refractivity contribution in [3.05, 3.63) is 89.9 Å². The van der Waals surface area contributed by atoms with E-state index in [-0.39, 0.29) is 24.1 Å². The molecule has 9 nitrogen and oxygen atoms in total. The van der Waals surface area contributed by atoms with Gasteiger partial charge in [0.05, 0.1) is 6.54 Å². The van der Waals surface area contributed by atoms with Gasteiger partial charge in [-0.15, -0.1) is 0 Å². The molecular formula is C25H24N6O3. The summed E-state index contributed by atoms with van der Waals surface area (Å²) in [6.07, 6.45) is 3.85. The molecule has 2 aromatic carbocycles. The number of hydroxylamine groups is 1. The molecule has 3 aromatic rings. The number of benzene rings is 2. The SMILES string of the molecule is C=CC(=O)N1CCC[C@@H]([N@@+]2([O-])N=C(c3ccc(Oc4ccccc4)cc3)c3c(N)ncnc32)C1. The van der Waals surface area contributed by atoms with Crippen molar-refractivity contribution >= 4 is 23.3 Å². The van der Waals surface area contributed by atoms with Crippen LogP contribution in [0.3, 0.4) is 0 Å². The third-order valence-corrected chi connectivity index (χ3v) is 6.13. The van der Waals surface area contributed by atoms with Crippen molar-refractivity contribution in [2.75, 3.05) is 18.8 Å². The number of amides is 1. The Bertz CT molecular complexity index is 1260. The van der Waals surface area contributed by atoms with Crippen LogP contribution in [0.25, 0.3) is 0 Å². The van der Waals surface area contributed by atoms with Gasteiger partial charge in [-0.1, -0.05) is 29.9 Å². The Morgan fingerprint density at radius 2 is 1.88 bits per heavy atom. The summed E-state index contributed by atoms with van der Waals surface area (Å²) in [4.78, 5) is 22.2. The Morgan fingerprint density at radius 3 is 2.62 bits per heavy atom. The molecule has 34 heavy (non-hydrogen) atoms. The first-order valence-corrected chi connectivity index (χ1v) is 11.1. The van der Waals surface area contributed by atoms with E-state index in [9.17, 15) is 10.0 Å². The number of anilines is 1. The number of ether oxygens (including phenoxy) is 1. The molecule has 2 aliphatic rings. The molecule has 9 heteroatoms. The van der Waals surface area contributed by atoms with E-state index in [1.54, 1.807) is 4.90 Å². The van der Waals surface area contributed by atoms with E-state index >= 15 is 0 Å². The Balaban J connectivity index is 1.49. The predicted molar refractivity (Wildman–Crippen MR) is 130 cm³/mol. The number of quaternary nitrogens is 1. The largest absolute Gasteiger partial charge is 0.598 e. The smallest absolute Gasteiger partial charge is 0.269 e. The van der Waals surface area contributed by atoms with E-state index in [0.717, 1.165) is 5.75 Å². The summed E-state index contributed by atoms with van der Waals surface area (Å²) in [5.74, 6) is 1.57. The second kappa shape index (κ2) is 8.69. The molecule has 0 saturated carbocycles. The quantitative estimate of drug-likeness (QED) is 0.356. The minimum absolute atomic E-state index is 0.194. The molecule has 172 valence electrons. The summed E-state index contributed by atoms with van der Waals surface area (Å²) in [5.41, 5.74) is 7.76. The first-order valence-electron chi connectivity index (χ1n) is 11.1. The maximum absolute atomic E-state index is 14.2. The number of aromatic nitrogens is 2. The molecule has 2 aliphatic heterocycles. The average molecular weight is 457 g/mol. The minimum atomic E-state index is -1.03. The normalized spacial score (nSPS) is 21.5. The third kappa shape index (κ3) is 3.81. The number of fused-ring (bicyclic) bond motifs is 1. The number of likely N-dealkylation sites (tertiary alicyclic amines) is 1. The van der Waals surface area contributed by atoms with E-state index < -0.39 is 10.8 Å². The highest BCUT2D eigenvalue weighted by Gasteiger charge is 2.46. The summed E-state index contributed by atoms with van der Waals surface area (Å²) in [7, 11) is 0. The van der Waals surface area contributed by atoms with Crippen molar-refractivity contribution in [3.8, 4) is 11.5 Å². The standard InChI is InChI=1S/C25H24N6O3/c1-2-21(32)30-14-6-7-18(15-30)31(33)25-22(24(26)27-16-28-25)23(29-31)17-10-12-20(13-11-17)34-19-8-4-3-5-9-19/h2-5,8-13,16,18H,1,6-7,14-15H2,(H2,26,27,28)/t18-,31+/m1/s1. The van der Waals surface area contributed by atoms with Crippen LogP contribution in [0.15, 0.2) is 78.7 Å². The van der Waals surface area contributed by atoms with Crippen LogP contribution in [0.1, 0.15) is 24.0 Å². The van der Waals surface area contributed by atoms with Crippen molar-refractivity contribution in [3.63, 3.8) is 0 Å². The lowest BCUT2D eigenvalue weighted by atomic mass is 10.0. The summed E-state index contributed by atoms with van der Waals surface area (Å²) in [6, 6.07) is 16.2. The fraction of sp³-hybridized carbons (Fsp3) is 0.200. The van der Waals surface area contributed by atoms with E-state index in [0.29, 0.717) is 42.0 Å². The number of hydrogen-bond donors (Lipinski definition) is 1. The van der Waals surface area contributed by atoms with E-state index in [2.05, 4.69) is 21.6 Å². The molecule has 5 rings (SSSR count). The lowest BCUT2D eigenvalue weighted by Crippen LogP contribution is -2.56. The monoisotopic (exact) mass is 456 g/mol. The third-order valence-electron chi connectivity index (χ3n) is 6.13. The number of hydrogen-bond acceptors (Lipinski definition) is 7. The lowest BCUT2D eigenvalue weighted by Gasteiger charge is -2.43. The molecule has 1 fully saturated rings. The van der Waals surface area contributed by atoms with Crippen molar-refractivity contribution in [1.29, 1.82) is 0 Å². The van der Waals surface area contributed by atoms with Crippen LogP contribution in [-0.4, -0.2) is 45.6 Å². The van der Waals surface area contributed by atoms with Crippen molar-refractivity contribution in [2.45, 2.75) is 18.9 Å². The van der Waals surface area contributed by atoms with Crippen LogP contribution in [0, 0.1) is 5.21 Å². The number of nitrogens with two attached hydrogens (primary N) is 1.